The van der Waals surface area contributed by atoms with Gasteiger partial charge >= 0.3 is 5.97 Å². The van der Waals surface area contributed by atoms with Gasteiger partial charge in [0.05, 0.1) is 19.3 Å². The Labute approximate surface area is 187 Å². The first-order valence-corrected chi connectivity index (χ1v) is 11.2. The predicted octanol–water partition coefficient (Wildman–Crippen LogP) is 4.84. The van der Waals surface area contributed by atoms with Crippen molar-refractivity contribution in [3.8, 4) is 0 Å². The van der Waals surface area contributed by atoms with Crippen LogP contribution in [0.2, 0.25) is 0 Å². The molecule has 0 aliphatic rings. The number of carbonyl (C=O) groups is 1. The zero-order valence-corrected chi connectivity index (χ0v) is 19.4. The summed E-state index contributed by atoms with van der Waals surface area (Å²) in [5, 5.41) is 0. The van der Waals surface area contributed by atoms with Crippen LogP contribution in [-0.2, 0) is 32.2 Å². The second-order valence-electron chi connectivity index (χ2n) is 8.18. The van der Waals surface area contributed by atoms with Crippen molar-refractivity contribution >= 4 is 5.97 Å². The van der Waals surface area contributed by atoms with Crippen molar-refractivity contribution in [2.75, 3.05) is 26.3 Å². The van der Waals surface area contributed by atoms with Crippen molar-refractivity contribution in [1.82, 2.24) is 4.90 Å². The summed E-state index contributed by atoms with van der Waals surface area (Å²) in [7, 11) is 0. The van der Waals surface area contributed by atoms with Crippen molar-refractivity contribution in [3.63, 3.8) is 0 Å². The highest BCUT2D eigenvalue weighted by Gasteiger charge is 2.34. The molecule has 5 nitrogen and oxygen atoms in total. The van der Waals surface area contributed by atoms with E-state index in [4.69, 9.17) is 14.2 Å². The highest BCUT2D eigenvalue weighted by molar-refractivity contribution is 5.79. The molecule has 2 aromatic rings. The number of hydrogen-bond donors (Lipinski definition) is 0. The highest BCUT2D eigenvalue weighted by Crippen LogP contribution is 2.20. The summed E-state index contributed by atoms with van der Waals surface area (Å²) in [5.41, 5.74) is 1.30. The fourth-order valence-electron chi connectivity index (χ4n) is 3.07. The average Bonchev–Trinajstić information content (AvgIpc) is 2.78. The van der Waals surface area contributed by atoms with Crippen molar-refractivity contribution in [2.45, 2.75) is 59.0 Å². The number of rotatable bonds is 14. The van der Waals surface area contributed by atoms with Crippen molar-refractivity contribution in [2.24, 2.45) is 0 Å². The smallest absolute Gasteiger partial charge is 0.338 e. The van der Waals surface area contributed by atoms with Gasteiger partial charge in [-0.05, 0) is 38.3 Å². The largest absolute Gasteiger partial charge is 0.462 e. The van der Waals surface area contributed by atoms with E-state index in [-0.39, 0.29) is 12.1 Å². The van der Waals surface area contributed by atoms with Crippen LogP contribution in [0.4, 0.5) is 0 Å². The van der Waals surface area contributed by atoms with Crippen LogP contribution in [0.25, 0.3) is 0 Å². The zero-order chi connectivity index (χ0) is 22.5. The molecule has 170 valence electrons. The molecule has 0 heterocycles. The predicted molar refractivity (Wildman–Crippen MR) is 124 cm³/mol. The molecule has 1 unspecified atom stereocenters. The number of ether oxygens (including phenoxy) is 3. The summed E-state index contributed by atoms with van der Waals surface area (Å²) < 4.78 is 17.3. The molecule has 2 rings (SSSR count). The molecule has 0 amide bonds. The van der Waals surface area contributed by atoms with Gasteiger partial charge in [-0.1, -0.05) is 67.6 Å². The maximum atomic E-state index is 12.8. The lowest BCUT2D eigenvalue weighted by atomic mass is 10.0. The number of carbonyl (C=O) groups excluding carboxylic acids is 1. The van der Waals surface area contributed by atoms with Crippen LogP contribution in [0.3, 0.4) is 0 Å². The van der Waals surface area contributed by atoms with Crippen LogP contribution in [-0.4, -0.2) is 48.9 Å². The van der Waals surface area contributed by atoms with Crippen LogP contribution in [0.5, 0.6) is 0 Å². The normalized spacial score (nSPS) is 13.4. The maximum Gasteiger partial charge on any atom is 0.338 e. The van der Waals surface area contributed by atoms with Gasteiger partial charge in [0.1, 0.15) is 6.61 Å². The van der Waals surface area contributed by atoms with Crippen LogP contribution >= 0.6 is 0 Å². The van der Waals surface area contributed by atoms with E-state index in [0.717, 1.165) is 18.7 Å². The SMILES string of the molecule is CCC(C)(OCc1ccccc1)C(=O)OCCN(CCOC(C)C)Cc1ccccc1. The number of esters is 1. The molecule has 0 fully saturated rings. The Morgan fingerprint density at radius 3 is 2.10 bits per heavy atom. The van der Waals surface area contributed by atoms with E-state index in [1.807, 2.05) is 69.3 Å². The molecular weight excluding hydrogens is 390 g/mol. The summed E-state index contributed by atoms with van der Waals surface area (Å²) in [5.74, 6) is -0.316. The molecule has 0 N–H and O–H groups in total. The summed E-state index contributed by atoms with van der Waals surface area (Å²) in [4.78, 5) is 15.0. The molecule has 31 heavy (non-hydrogen) atoms. The van der Waals surface area contributed by atoms with Crippen LogP contribution in [0, 0.1) is 0 Å². The van der Waals surface area contributed by atoms with Gasteiger partial charge < -0.3 is 14.2 Å². The summed E-state index contributed by atoms with van der Waals surface area (Å²) >= 11 is 0. The van der Waals surface area contributed by atoms with Gasteiger partial charge in [-0.3, -0.25) is 4.90 Å². The van der Waals surface area contributed by atoms with Gasteiger partial charge in [-0.15, -0.1) is 0 Å². The molecule has 1 atom stereocenters. The topological polar surface area (TPSA) is 48.0 Å². The molecule has 2 aromatic carbocycles. The Morgan fingerprint density at radius 1 is 0.935 bits per heavy atom. The van der Waals surface area contributed by atoms with Crippen LogP contribution in [0.1, 0.15) is 45.2 Å². The van der Waals surface area contributed by atoms with E-state index in [0.29, 0.717) is 32.8 Å². The highest BCUT2D eigenvalue weighted by atomic mass is 16.6. The standard InChI is InChI=1S/C26H37NO4/c1-5-26(4,31-21-24-14-10-7-11-15-24)25(28)30-19-17-27(16-18-29-22(2)3)20-23-12-8-6-9-13-23/h6-15,22H,5,16-21H2,1-4H3. The molecule has 0 saturated carbocycles. The molecule has 0 bridgehead atoms. The zero-order valence-electron chi connectivity index (χ0n) is 19.4. The molecule has 0 aromatic heterocycles. The van der Waals surface area contributed by atoms with Crippen LogP contribution < -0.4 is 0 Å². The molecule has 0 aliphatic carbocycles. The first-order valence-electron chi connectivity index (χ1n) is 11.2. The molecule has 0 saturated heterocycles. The summed E-state index contributed by atoms with van der Waals surface area (Å²) in [6.07, 6.45) is 0.748. The monoisotopic (exact) mass is 427 g/mol. The Hall–Kier alpha value is -2.21. The number of nitrogens with zero attached hydrogens (tertiary/aromatic N) is 1. The molecule has 0 aliphatic heterocycles. The van der Waals surface area contributed by atoms with E-state index in [2.05, 4.69) is 17.0 Å². The van der Waals surface area contributed by atoms with Gasteiger partial charge in [0, 0.05) is 19.6 Å². The quantitative estimate of drug-likeness (QED) is 0.404. The van der Waals surface area contributed by atoms with Crippen LogP contribution in [0.15, 0.2) is 60.7 Å². The third-order valence-electron chi connectivity index (χ3n) is 5.26. The Morgan fingerprint density at radius 2 is 1.52 bits per heavy atom. The van der Waals surface area contributed by atoms with Gasteiger partial charge in [0.2, 0.25) is 0 Å². The lowest BCUT2D eigenvalue weighted by Crippen LogP contribution is -2.41. The third kappa shape index (κ3) is 9.21. The third-order valence-corrected chi connectivity index (χ3v) is 5.26. The van der Waals surface area contributed by atoms with Gasteiger partial charge in [0.15, 0.2) is 5.60 Å². The lowest BCUT2D eigenvalue weighted by molar-refractivity contribution is -0.173. The molecular formula is C26H37NO4. The first kappa shape index (κ1) is 25.1. The fourth-order valence-corrected chi connectivity index (χ4v) is 3.07. The van der Waals surface area contributed by atoms with Crippen molar-refractivity contribution in [3.05, 3.63) is 71.8 Å². The second kappa shape index (κ2) is 13.3. The second-order valence-corrected chi connectivity index (χ2v) is 8.18. The number of benzene rings is 2. The van der Waals surface area contributed by atoms with Gasteiger partial charge in [-0.25, -0.2) is 4.79 Å². The summed E-state index contributed by atoms with van der Waals surface area (Å²) in [6.45, 7) is 11.4. The number of hydrogen-bond acceptors (Lipinski definition) is 5. The summed E-state index contributed by atoms with van der Waals surface area (Å²) in [6, 6.07) is 20.2. The molecule has 0 radical (unpaired) electrons. The van der Waals surface area contributed by atoms with E-state index >= 15 is 0 Å². The lowest BCUT2D eigenvalue weighted by Gasteiger charge is -2.28. The minimum absolute atomic E-state index is 0.198. The average molecular weight is 428 g/mol. The Bertz CT molecular complexity index is 751. The maximum absolute atomic E-state index is 12.8. The van der Waals surface area contributed by atoms with Gasteiger partial charge in [-0.2, -0.15) is 0 Å². The minimum Gasteiger partial charge on any atom is -0.462 e. The van der Waals surface area contributed by atoms with E-state index < -0.39 is 5.60 Å². The van der Waals surface area contributed by atoms with E-state index in [1.54, 1.807) is 6.92 Å². The van der Waals surface area contributed by atoms with E-state index in [1.165, 1.54) is 5.56 Å². The van der Waals surface area contributed by atoms with Gasteiger partial charge in [0.25, 0.3) is 0 Å². The minimum atomic E-state index is -0.957. The van der Waals surface area contributed by atoms with Crippen molar-refractivity contribution < 1.29 is 19.0 Å². The Balaban J connectivity index is 1.86. The van der Waals surface area contributed by atoms with Crippen molar-refractivity contribution in [1.29, 1.82) is 0 Å². The molecule has 5 heteroatoms. The molecule has 0 spiro atoms. The first-order chi connectivity index (χ1) is 14.9. The van der Waals surface area contributed by atoms with E-state index in [9.17, 15) is 4.79 Å². The Kier molecular flexibility index (Phi) is 10.7. The fraction of sp³-hybridized carbons (Fsp3) is 0.500.